The highest BCUT2D eigenvalue weighted by atomic mass is 16.5. The lowest BCUT2D eigenvalue weighted by Gasteiger charge is -2.34. The largest absolute Gasteiger partial charge is 0.382 e. The van der Waals surface area contributed by atoms with Crippen LogP contribution in [0, 0.1) is 30.1 Å². The van der Waals surface area contributed by atoms with Crippen molar-refractivity contribution in [1.82, 2.24) is 16.1 Å². The van der Waals surface area contributed by atoms with Crippen molar-refractivity contribution in [3.8, 4) is 12.8 Å². The van der Waals surface area contributed by atoms with Crippen molar-refractivity contribution < 1.29 is 24.7 Å². The maximum absolute atomic E-state index is 12.6. The molecule has 3 atom stereocenters. The van der Waals surface area contributed by atoms with Gasteiger partial charge in [0.25, 0.3) is 5.91 Å². The second kappa shape index (κ2) is 12.3. The van der Waals surface area contributed by atoms with Crippen LogP contribution in [0.2, 0.25) is 0 Å². The molecule has 0 aliphatic heterocycles. The van der Waals surface area contributed by atoms with E-state index in [1.165, 1.54) is 12.5 Å². The van der Waals surface area contributed by atoms with Gasteiger partial charge in [0.15, 0.2) is 0 Å². The molecule has 0 aliphatic carbocycles. The number of hydrogen-bond acceptors (Lipinski definition) is 5. The Morgan fingerprint density at radius 1 is 1.08 bits per heavy atom. The first-order valence-electron chi connectivity index (χ1n) is 8.49. The van der Waals surface area contributed by atoms with E-state index in [4.69, 9.17) is 5.21 Å². The van der Waals surface area contributed by atoms with Crippen LogP contribution in [0.25, 0.3) is 0 Å². The number of aliphatic hydroxyl groups excluding tert-OH is 1. The zero-order valence-corrected chi connectivity index (χ0v) is 16.5. The zero-order chi connectivity index (χ0) is 21.1. The third-order valence-electron chi connectivity index (χ3n) is 4.31. The molecule has 0 aliphatic rings. The summed E-state index contributed by atoms with van der Waals surface area (Å²) >= 11 is 0. The molecule has 150 valence electrons. The van der Waals surface area contributed by atoms with Crippen LogP contribution in [0.1, 0.15) is 47.5 Å². The van der Waals surface area contributed by atoms with Crippen LogP contribution in [0.5, 0.6) is 0 Å². The van der Waals surface area contributed by atoms with Crippen molar-refractivity contribution in [2.75, 3.05) is 7.05 Å². The van der Waals surface area contributed by atoms with Gasteiger partial charge >= 0.3 is 0 Å². The van der Waals surface area contributed by atoms with Gasteiger partial charge in [0.1, 0.15) is 12.1 Å². The number of nitrogens with one attached hydrogen (secondary N) is 3. The maximum atomic E-state index is 12.6. The fourth-order valence-electron chi connectivity index (χ4n) is 2.35. The van der Waals surface area contributed by atoms with Crippen LogP contribution in [-0.4, -0.2) is 47.2 Å². The summed E-state index contributed by atoms with van der Waals surface area (Å²) in [6.45, 7) is 9.29. The van der Waals surface area contributed by atoms with Gasteiger partial charge < -0.3 is 15.7 Å². The summed E-state index contributed by atoms with van der Waals surface area (Å²) < 4.78 is 0. The van der Waals surface area contributed by atoms with Crippen molar-refractivity contribution in [3.05, 3.63) is 0 Å². The van der Waals surface area contributed by atoms with Gasteiger partial charge in [-0.1, -0.05) is 34.6 Å². The van der Waals surface area contributed by atoms with Crippen LogP contribution in [0.15, 0.2) is 0 Å². The number of hydrogen-bond donors (Lipinski definition) is 5. The van der Waals surface area contributed by atoms with Crippen molar-refractivity contribution >= 4 is 17.7 Å². The number of hydroxylamine groups is 1. The van der Waals surface area contributed by atoms with E-state index in [-0.39, 0.29) is 18.2 Å². The summed E-state index contributed by atoms with van der Waals surface area (Å²) in [7, 11) is 1.48. The first-order valence-corrected chi connectivity index (χ1v) is 8.49. The van der Waals surface area contributed by atoms with E-state index in [0.717, 1.165) is 0 Å². The normalized spacial score (nSPS) is 14.3. The van der Waals surface area contributed by atoms with Crippen LogP contribution >= 0.6 is 0 Å². The summed E-state index contributed by atoms with van der Waals surface area (Å²) in [5.74, 6) is -3.05. The predicted octanol–water partition coefficient (Wildman–Crippen LogP) is 0.431. The molecule has 0 aromatic carbocycles. The van der Waals surface area contributed by atoms with Crippen molar-refractivity contribution in [2.45, 2.75) is 59.6 Å². The average Bonchev–Trinajstić information content (AvgIpc) is 2.63. The summed E-state index contributed by atoms with van der Waals surface area (Å²) in [5, 5.41) is 23.9. The van der Waals surface area contributed by atoms with Gasteiger partial charge in [-0.3, -0.25) is 19.6 Å². The predicted molar refractivity (Wildman–Crippen MR) is 98.8 cm³/mol. The van der Waals surface area contributed by atoms with E-state index in [1.54, 1.807) is 0 Å². The van der Waals surface area contributed by atoms with Crippen LogP contribution in [0.4, 0.5) is 0 Å². The van der Waals surface area contributed by atoms with Crippen molar-refractivity contribution in [2.24, 2.45) is 17.3 Å². The maximum Gasteiger partial charge on any atom is 0.272 e. The van der Waals surface area contributed by atoms with E-state index in [9.17, 15) is 19.5 Å². The highest BCUT2D eigenvalue weighted by Gasteiger charge is 2.39. The fraction of sp³-hybridized carbons (Fsp3) is 0.722. The molecule has 0 heterocycles. The SMILES string of the molecule is C#C.CCC(C)(C)C(NC(=O)[C@H](CC(C)C)[C@H](O)C(=O)NO)C(=O)NC. The third-order valence-corrected chi connectivity index (χ3v) is 4.31. The molecule has 8 heteroatoms. The lowest BCUT2D eigenvalue weighted by atomic mass is 9.80. The number of aliphatic hydroxyl groups is 1. The highest BCUT2D eigenvalue weighted by Crippen LogP contribution is 2.26. The Bertz CT molecular complexity index is 488. The molecule has 0 saturated carbocycles. The molecule has 0 bridgehead atoms. The Kier molecular flexibility index (Phi) is 12.3. The molecule has 0 radical (unpaired) electrons. The van der Waals surface area contributed by atoms with Gasteiger partial charge in [-0.25, -0.2) is 5.48 Å². The molecular weight excluding hydrogens is 338 g/mol. The first kappa shape index (κ1) is 26.1. The van der Waals surface area contributed by atoms with Gasteiger partial charge in [-0.15, -0.1) is 12.8 Å². The van der Waals surface area contributed by atoms with Crippen LogP contribution < -0.4 is 16.1 Å². The molecule has 0 rings (SSSR count). The minimum Gasteiger partial charge on any atom is -0.382 e. The summed E-state index contributed by atoms with van der Waals surface area (Å²) in [5.41, 5.74) is 0.842. The molecule has 0 saturated heterocycles. The van der Waals surface area contributed by atoms with Crippen molar-refractivity contribution in [3.63, 3.8) is 0 Å². The van der Waals surface area contributed by atoms with E-state index >= 15 is 0 Å². The lowest BCUT2D eigenvalue weighted by Crippen LogP contribution is -2.56. The van der Waals surface area contributed by atoms with Gasteiger partial charge in [0, 0.05) is 7.05 Å². The standard InChI is InChI=1S/C16H31N3O5.C2H2/c1-7-16(4,5)12(15(23)17-6)18-13(21)10(8-9(2)3)11(20)14(22)19-24;1-2/h9-12,20,24H,7-8H2,1-6H3,(H,17,23)(H,18,21)(H,19,22);1-2H/t10-,11+,12?;/m1./s1. The number of amides is 3. The molecular formula is C18H33N3O5. The minimum absolute atomic E-state index is 0.0273. The molecule has 0 aromatic rings. The summed E-state index contributed by atoms with van der Waals surface area (Å²) in [4.78, 5) is 36.3. The third kappa shape index (κ3) is 7.85. The minimum atomic E-state index is -1.70. The van der Waals surface area contributed by atoms with E-state index in [2.05, 4.69) is 23.5 Å². The molecule has 0 aromatic heterocycles. The lowest BCUT2D eigenvalue weighted by molar-refractivity contribution is -0.147. The van der Waals surface area contributed by atoms with Crippen LogP contribution in [-0.2, 0) is 14.4 Å². The van der Waals surface area contributed by atoms with E-state index < -0.39 is 35.3 Å². The highest BCUT2D eigenvalue weighted by molar-refractivity contribution is 5.92. The molecule has 8 nitrogen and oxygen atoms in total. The monoisotopic (exact) mass is 371 g/mol. The van der Waals surface area contributed by atoms with Gasteiger partial charge in [0.05, 0.1) is 5.92 Å². The van der Waals surface area contributed by atoms with Crippen LogP contribution in [0.3, 0.4) is 0 Å². The number of terminal acetylenes is 1. The summed E-state index contributed by atoms with van der Waals surface area (Å²) in [6, 6.07) is -0.806. The number of likely N-dealkylation sites (N-methyl/N-ethyl adjacent to an activating group) is 1. The van der Waals surface area contributed by atoms with Gasteiger partial charge in [-0.05, 0) is 24.2 Å². The Hall–Kier alpha value is -2.11. The van der Waals surface area contributed by atoms with Crippen molar-refractivity contribution in [1.29, 1.82) is 0 Å². The average molecular weight is 371 g/mol. The molecule has 3 amide bonds. The Morgan fingerprint density at radius 3 is 1.92 bits per heavy atom. The summed E-state index contributed by atoms with van der Waals surface area (Å²) in [6.07, 6.45) is 7.17. The quantitative estimate of drug-likeness (QED) is 0.228. The molecule has 26 heavy (non-hydrogen) atoms. The zero-order valence-electron chi connectivity index (χ0n) is 16.5. The molecule has 0 spiro atoms. The fourth-order valence-corrected chi connectivity index (χ4v) is 2.35. The number of carbonyl (C=O) groups excluding carboxylic acids is 3. The van der Waals surface area contributed by atoms with Gasteiger partial charge in [0.2, 0.25) is 11.8 Å². The number of rotatable bonds is 9. The molecule has 5 N–H and O–H groups in total. The van der Waals surface area contributed by atoms with E-state index in [0.29, 0.717) is 6.42 Å². The Balaban J connectivity index is 0. The number of carbonyl (C=O) groups is 3. The second-order valence-corrected chi connectivity index (χ2v) is 7.05. The Morgan fingerprint density at radius 2 is 1.58 bits per heavy atom. The van der Waals surface area contributed by atoms with Gasteiger partial charge in [-0.2, -0.15) is 0 Å². The first-order chi connectivity index (χ1) is 12.0. The Labute approximate surface area is 156 Å². The van der Waals surface area contributed by atoms with E-state index in [1.807, 2.05) is 34.6 Å². The second-order valence-electron chi connectivity index (χ2n) is 7.05. The smallest absolute Gasteiger partial charge is 0.272 e. The molecule has 1 unspecified atom stereocenters. The molecule has 0 fully saturated rings. The topological polar surface area (TPSA) is 128 Å².